The summed E-state index contributed by atoms with van der Waals surface area (Å²) in [7, 11) is -4.44. The second-order valence-electron chi connectivity index (χ2n) is 4.25. The Bertz CT molecular complexity index is 640. The van der Waals surface area contributed by atoms with E-state index in [2.05, 4.69) is 0 Å². The molecule has 3 N–H and O–H groups in total. The van der Waals surface area contributed by atoms with E-state index in [0.717, 1.165) is 4.90 Å². The molecule has 0 bridgehead atoms. The molecule has 0 spiro atoms. The minimum Gasteiger partial charge on any atom is -0.369 e. The summed E-state index contributed by atoms with van der Waals surface area (Å²) >= 11 is 0. The number of nitrogens with two attached hydrogens (primary N) is 1. The number of nitrogens with zero attached hydrogens (tertiary/aromatic N) is 1. The summed E-state index contributed by atoms with van der Waals surface area (Å²) in [4.78, 5) is 23.7. The van der Waals surface area contributed by atoms with Crippen molar-refractivity contribution in [2.75, 3.05) is 11.4 Å². The van der Waals surface area contributed by atoms with Gasteiger partial charge in [-0.15, -0.1) is 0 Å². The van der Waals surface area contributed by atoms with E-state index in [1.165, 1.54) is 24.3 Å². The van der Waals surface area contributed by atoms with E-state index >= 15 is 0 Å². The average Bonchev–Trinajstić information content (AvgIpc) is 2.70. The standard InChI is InChI=1S/C11H12N2O5S/c12-11(15)7-5-10(14)13(6-7)8-3-1-2-4-9(8)19(16,17)18/h1-4,7H,5-6H2,(H2,12,15)(H,16,17,18). The summed E-state index contributed by atoms with van der Waals surface area (Å²) in [5, 5.41) is 0. The maximum Gasteiger partial charge on any atom is 0.296 e. The second kappa shape index (κ2) is 4.63. The fourth-order valence-corrected chi connectivity index (χ4v) is 2.72. The predicted molar refractivity (Wildman–Crippen MR) is 65.9 cm³/mol. The highest BCUT2D eigenvalue weighted by atomic mass is 32.2. The van der Waals surface area contributed by atoms with Gasteiger partial charge in [0.15, 0.2) is 0 Å². The zero-order valence-corrected chi connectivity index (χ0v) is 10.6. The van der Waals surface area contributed by atoms with Crippen LogP contribution in [-0.4, -0.2) is 31.3 Å². The van der Waals surface area contributed by atoms with Crippen molar-refractivity contribution in [2.24, 2.45) is 11.7 Å². The lowest BCUT2D eigenvalue weighted by Gasteiger charge is -2.18. The molecular formula is C11H12N2O5S. The molecule has 1 aliphatic rings. The summed E-state index contributed by atoms with van der Waals surface area (Å²) in [6.07, 6.45) is -0.0604. The Morgan fingerprint density at radius 1 is 1.37 bits per heavy atom. The first-order valence-corrected chi connectivity index (χ1v) is 6.91. The van der Waals surface area contributed by atoms with Gasteiger partial charge in [0, 0.05) is 13.0 Å². The normalized spacial score (nSPS) is 19.7. The van der Waals surface area contributed by atoms with Crippen molar-refractivity contribution < 1.29 is 22.6 Å². The number of benzene rings is 1. The number of primary amides is 1. The minimum absolute atomic E-state index is 0.0146. The number of amides is 2. The number of anilines is 1. The lowest BCUT2D eigenvalue weighted by Crippen LogP contribution is -2.29. The van der Waals surface area contributed by atoms with Crippen LogP contribution >= 0.6 is 0 Å². The van der Waals surface area contributed by atoms with Crippen molar-refractivity contribution in [1.29, 1.82) is 0 Å². The molecule has 1 fully saturated rings. The molecule has 2 rings (SSSR count). The number of rotatable bonds is 3. The Labute approximate surface area is 109 Å². The molecule has 1 unspecified atom stereocenters. The smallest absolute Gasteiger partial charge is 0.296 e. The Kier molecular flexibility index (Phi) is 3.29. The van der Waals surface area contributed by atoms with E-state index in [-0.39, 0.29) is 23.5 Å². The van der Waals surface area contributed by atoms with Gasteiger partial charge >= 0.3 is 0 Å². The van der Waals surface area contributed by atoms with Crippen molar-refractivity contribution >= 4 is 27.6 Å². The van der Waals surface area contributed by atoms with E-state index in [9.17, 15) is 18.0 Å². The topological polar surface area (TPSA) is 118 Å². The van der Waals surface area contributed by atoms with Gasteiger partial charge in [0.25, 0.3) is 10.1 Å². The van der Waals surface area contributed by atoms with Crippen LogP contribution in [0.3, 0.4) is 0 Å². The van der Waals surface area contributed by atoms with Crippen molar-refractivity contribution in [2.45, 2.75) is 11.3 Å². The summed E-state index contributed by atoms with van der Waals surface area (Å²) < 4.78 is 31.7. The van der Waals surface area contributed by atoms with Crippen LogP contribution in [-0.2, 0) is 19.7 Å². The van der Waals surface area contributed by atoms with E-state index in [0.29, 0.717) is 0 Å². The van der Waals surface area contributed by atoms with Crippen LogP contribution in [0.15, 0.2) is 29.2 Å². The van der Waals surface area contributed by atoms with Crippen LogP contribution in [0.5, 0.6) is 0 Å². The van der Waals surface area contributed by atoms with E-state index < -0.39 is 27.9 Å². The van der Waals surface area contributed by atoms with Crippen molar-refractivity contribution in [1.82, 2.24) is 0 Å². The molecule has 0 aliphatic carbocycles. The molecule has 1 saturated heterocycles. The number of carbonyl (C=O) groups excluding carboxylic acids is 2. The van der Waals surface area contributed by atoms with Gasteiger partial charge in [0.05, 0.1) is 11.6 Å². The molecule has 1 aromatic rings. The van der Waals surface area contributed by atoms with Crippen molar-refractivity contribution in [3.63, 3.8) is 0 Å². The van der Waals surface area contributed by atoms with E-state index in [4.69, 9.17) is 10.3 Å². The highest BCUT2D eigenvalue weighted by Gasteiger charge is 2.36. The fraction of sp³-hybridized carbons (Fsp3) is 0.273. The molecule has 0 aromatic heterocycles. The zero-order chi connectivity index (χ0) is 14.2. The molecule has 0 saturated carbocycles. The summed E-state index contributed by atoms with van der Waals surface area (Å²) in [6.45, 7) is 0.0146. The van der Waals surface area contributed by atoms with Crippen molar-refractivity contribution in [3.8, 4) is 0 Å². The van der Waals surface area contributed by atoms with Gasteiger partial charge in [-0.05, 0) is 12.1 Å². The molecular weight excluding hydrogens is 272 g/mol. The highest BCUT2D eigenvalue weighted by molar-refractivity contribution is 7.86. The highest BCUT2D eigenvalue weighted by Crippen LogP contribution is 2.30. The van der Waals surface area contributed by atoms with E-state index in [1.54, 1.807) is 0 Å². The van der Waals surface area contributed by atoms with Gasteiger partial charge in [0.2, 0.25) is 11.8 Å². The first-order valence-electron chi connectivity index (χ1n) is 5.47. The number of carbonyl (C=O) groups is 2. The van der Waals surface area contributed by atoms with E-state index in [1.807, 2.05) is 0 Å². The predicted octanol–water partition coefficient (Wildman–Crippen LogP) is -0.229. The molecule has 102 valence electrons. The third-order valence-electron chi connectivity index (χ3n) is 2.96. The summed E-state index contributed by atoms with van der Waals surface area (Å²) in [6, 6.07) is 5.55. The van der Waals surface area contributed by atoms with Gasteiger partial charge in [0.1, 0.15) is 4.90 Å². The van der Waals surface area contributed by atoms with Gasteiger partial charge < -0.3 is 10.6 Å². The lowest BCUT2D eigenvalue weighted by molar-refractivity contribution is -0.123. The molecule has 0 radical (unpaired) electrons. The third kappa shape index (κ3) is 2.59. The minimum atomic E-state index is -4.44. The average molecular weight is 284 g/mol. The Morgan fingerprint density at radius 2 is 2.00 bits per heavy atom. The molecule has 1 heterocycles. The quantitative estimate of drug-likeness (QED) is 0.743. The molecule has 2 amide bonds. The molecule has 7 nitrogen and oxygen atoms in total. The zero-order valence-electron chi connectivity index (χ0n) is 9.81. The number of hydrogen-bond donors (Lipinski definition) is 2. The maximum atomic E-state index is 11.8. The largest absolute Gasteiger partial charge is 0.369 e. The lowest BCUT2D eigenvalue weighted by atomic mass is 10.1. The maximum absolute atomic E-state index is 11.8. The Balaban J connectivity index is 2.44. The fourth-order valence-electron chi connectivity index (χ4n) is 2.03. The molecule has 19 heavy (non-hydrogen) atoms. The number of hydrogen-bond acceptors (Lipinski definition) is 4. The molecule has 8 heteroatoms. The van der Waals surface area contributed by atoms with Crippen molar-refractivity contribution in [3.05, 3.63) is 24.3 Å². The third-order valence-corrected chi connectivity index (χ3v) is 3.86. The SMILES string of the molecule is NC(=O)C1CC(=O)N(c2ccccc2S(=O)(=O)O)C1. The van der Waals surface area contributed by atoms with Crippen LogP contribution in [0.1, 0.15) is 6.42 Å². The van der Waals surface area contributed by atoms with Gasteiger partial charge in [-0.3, -0.25) is 14.1 Å². The van der Waals surface area contributed by atoms with Gasteiger partial charge in [-0.25, -0.2) is 0 Å². The Hall–Kier alpha value is -1.93. The second-order valence-corrected chi connectivity index (χ2v) is 5.64. The van der Waals surface area contributed by atoms with Gasteiger partial charge in [-0.2, -0.15) is 8.42 Å². The molecule has 1 atom stereocenters. The Morgan fingerprint density at radius 3 is 2.53 bits per heavy atom. The summed E-state index contributed by atoms with van der Waals surface area (Å²) in [5.74, 6) is -1.66. The van der Waals surface area contributed by atoms with Crippen LogP contribution in [0.4, 0.5) is 5.69 Å². The molecule has 1 aliphatic heterocycles. The summed E-state index contributed by atoms with van der Waals surface area (Å²) in [5.41, 5.74) is 5.19. The first-order chi connectivity index (χ1) is 8.80. The van der Waals surface area contributed by atoms with Crippen LogP contribution in [0.2, 0.25) is 0 Å². The first kappa shape index (κ1) is 13.5. The van der Waals surface area contributed by atoms with Crippen LogP contribution in [0.25, 0.3) is 0 Å². The van der Waals surface area contributed by atoms with Crippen LogP contribution in [0, 0.1) is 5.92 Å². The van der Waals surface area contributed by atoms with Crippen LogP contribution < -0.4 is 10.6 Å². The number of para-hydroxylation sites is 1. The molecule has 1 aromatic carbocycles. The monoisotopic (exact) mass is 284 g/mol. The van der Waals surface area contributed by atoms with Gasteiger partial charge in [-0.1, -0.05) is 12.1 Å².